The molecule has 212 valence electrons. The molecule has 1 aromatic heterocycles. The standard InChI is InChI=1S/C25H17ClF4N6O4S/c26-19-10-3-15(25(28,29)30)11-20(19)32-22(37)13-41-24-34-33-21(35(24)17-8-4-16(27)5-9-17)12-31-23(38)14-1-6-18(7-2-14)36(39)40/h1-11H,12-13H2,(H,31,38)(H,32,37). The fourth-order valence-corrected chi connectivity index (χ4v) is 4.40. The molecule has 0 aliphatic heterocycles. The molecular weight excluding hydrogens is 592 g/mol. The summed E-state index contributed by atoms with van der Waals surface area (Å²) in [7, 11) is 0. The van der Waals surface area contributed by atoms with Gasteiger partial charge in [0, 0.05) is 23.4 Å². The summed E-state index contributed by atoms with van der Waals surface area (Å²) in [6.07, 6.45) is -4.63. The van der Waals surface area contributed by atoms with Gasteiger partial charge in [-0.25, -0.2) is 4.39 Å². The van der Waals surface area contributed by atoms with E-state index < -0.39 is 34.3 Å². The van der Waals surface area contributed by atoms with Crippen LogP contribution in [0, 0.1) is 15.9 Å². The SMILES string of the molecule is O=C(CSc1nnc(CNC(=O)c2ccc([N+](=O)[O-])cc2)n1-c1ccc(F)cc1)Nc1cc(C(F)(F)F)ccc1Cl. The van der Waals surface area contributed by atoms with Crippen LogP contribution in [0.2, 0.25) is 5.02 Å². The van der Waals surface area contributed by atoms with Gasteiger partial charge in [0.05, 0.1) is 33.5 Å². The predicted octanol–water partition coefficient (Wildman–Crippen LogP) is 5.65. The number of nitro benzene ring substituents is 1. The molecule has 41 heavy (non-hydrogen) atoms. The van der Waals surface area contributed by atoms with Crippen LogP contribution in [0.25, 0.3) is 5.69 Å². The molecule has 4 aromatic rings. The lowest BCUT2D eigenvalue weighted by atomic mass is 10.2. The lowest BCUT2D eigenvalue weighted by Gasteiger charge is -2.12. The summed E-state index contributed by atoms with van der Waals surface area (Å²) in [5.41, 5.74) is -0.829. The maximum Gasteiger partial charge on any atom is 0.416 e. The molecular formula is C25H17ClF4N6O4S. The fraction of sp³-hybridized carbons (Fsp3) is 0.120. The van der Waals surface area contributed by atoms with Crippen LogP contribution in [0.15, 0.2) is 71.9 Å². The lowest BCUT2D eigenvalue weighted by molar-refractivity contribution is -0.384. The lowest BCUT2D eigenvalue weighted by Crippen LogP contribution is -2.24. The first-order valence-electron chi connectivity index (χ1n) is 11.4. The molecule has 16 heteroatoms. The third-order valence-corrected chi connectivity index (χ3v) is 6.69. The first-order chi connectivity index (χ1) is 19.4. The van der Waals surface area contributed by atoms with E-state index in [0.717, 1.165) is 30.0 Å². The minimum absolute atomic E-state index is 0.0862. The number of nitrogens with zero attached hydrogens (tertiary/aromatic N) is 4. The van der Waals surface area contributed by atoms with Crippen molar-refractivity contribution in [2.24, 2.45) is 0 Å². The summed E-state index contributed by atoms with van der Waals surface area (Å²) in [6, 6.07) is 12.7. The smallest absolute Gasteiger partial charge is 0.345 e. The van der Waals surface area contributed by atoms with Crippen molar-refractivity contribution in [3.05, 3.63) is 105 Å². The molecule has 0 spiro atoms. The first-order valence-corrected chi connectivity index (χ1v) is 12.8. The number of thioether (sulfide) groups is 1. The van der Waals surface area contributed by atoms with E-state index in [1.165, 1.54) is 53.1 Å². The van der Waals surface area contributed by atoms with Gasteiger partial charge in [0.25, 0.3) is 11.6 Å². The highest BCUT2D eigenvalue weighted by atomic mass is 35.5. The summed E-state index contributed by atoms with van der Waals surface area (Å²) >= 11 is 6.83. The molecule has 3 aromatic carbocycles. The Kier molecular flexibility index (Phi) is 8.88. The second-order valence-electron chi connectivity index (χ2n) is 8.23. The summed E-state index contributed by atoms with van der Waals surface area (Å²) in [5, 5.41) is 24.0. The Labute approximate surface area is 237 Å². The molecule has 0 aliphatic carbocycles. The zero-order valence-corrected chi connectivity index (χ0v) is 22.1. The zero-order valence-electron chi connectivity index (χ0n) is 20.5. The first kappa shape index (κ1) is 29.5. The highest BCUT2D eigenvalue weighted by Crippen LogP contribution is 2.34. The Bertz CT molecular complexity index is 1600. The third kappa shape index (κ3) is 7.37. The number of nitro groups is 1. The Balaban J connectivity index is 1.50. The Hall–Kier alpha value is -4.50. The van der Waals surface area contributed by atoms with E-state index in [0.29, 0.717) is 5.69 Å². The highest BCUT2D eigenvalue weighted by molar-refractivity contribution is 7.99. The average molecular weight is 609 g/mol. The molecule has 0 radical (unpaired) electrons. The van der Waals surface area contributed by atoms with E-state index in [4.69, 9.17) is 11.6 Å². The number of aromatic nitrogens is 3. The van der Waals surface area contributed by atoms with Crippen LogP contribution in [-0.4, -0.2) is 37.3 Å². The van der Waals surface area contributed by atoms with Gasteiger partial charge in [-0.2, -0.15) is 13.2 Å². The third-order valence-electron chi connectivity index (χ3n) is 5.43. The fourth-order valence-electron chi connectivity index (χ4n) is 3.47. The number of anilines is 1. The number of nitrogens with one attached hydrogen (secondary N) is 2. The van der Waals surface area contributed by atoms with Crippen molar-refractivity contribution in [1.82, 2.24) is 20.1 Å². The number of carbonyl (C=O) groups excluding carboxylic acids is 2. The van der Waals surface area contributed by atoms with Crippen LogP contribution in [0.1, 0.15) is 21.7 Å². The number of benzene rings is 3. The highest BCUT2D eigenvalue weighted by Gasteiger charge is 2.31. The number of carbonyl (C=O) groups is 2. The molecule has 10 nitrogen and oxygen atoms in total. The molecule has 0 aliphatic rings. The Morgan fingerprint density at radius 1 is 1.02 bits per heavy atom. The van der Waals surface area contributed by atoms with Crippen molar-refractivity contribution >= 4 is 46.6 Å². The number of hydrogen-bond donors (Lipinski definition) is 2. The van der Waals surface area contributed by atoms with Gasteiger partial charge < -0.3 is 10.6 Å². The van der Waals surface area contributed by atoms with Crippen molar-refractivity contribution < 1.29 is 32.1 Å². The molecule has 1 heterocycles. The van der Waals surface area contributed by atoms with Crippen molar-refractivity contribution in [1.29, 1.82) is 0 Å². The van der Waals surface area contributed by atoms with Crippen molar-refractivity contribution in [3.8, 4) is 5.69 Å². The minimum Gasteiger partial charge on any atom is -0.345 e. The van der Waals surface area contributed by atoms with E-state index in [9.17, 15) is 37.3 Å². The van der Waals surface area contributed by atoms with E-state index in [1.807, 2.05) is 0 Å². The van der Waals surface area contributed by atoms with Crippen LogP contribution in [0.4, 0.5) is 28.9 Å². The van der Waals surface area contributed by atoms with Gasteiger partial charge in [-0.3, -0.25) is 24.3 Å². The van der Waals surface area contributed by atoms with Gasteiger partial charge >= 0.3 is 6.18 Å². The molecule has 0 unspecified atom stereocenters. The number of amides is 2. The number of alkyl halides is 3. The number of non-ortho nitro benzene ring substituents is 1. The molecule has 2 N–H and O–H groups in total. The second kappa shape index (κ2) is 12.3. The minimum atomic E-state index is -4.63. The quantitative estimate of drug-likeness (QED) is 0.109. The van der Waals surface area contributed by atoms with E-state index >= 15 is 0 Å². The van der Waals surface area contributed by atoms with Gasteiger partial charge in [-0.1, -0.05) is 23.4 Å². The van der Waals surface area contributed by atoms with Gasteiger partial charge in [-0.05, 0) is 54.6 Å². The maximum absolute atomic E-state index is 13.6. The topological polar surface area (TPSA) is 132 Å². The van der Waals surface area contributed by atoms with Crippen LogP contribution in [0.3, 0.4) is 0 Å². The Morgan fingerprint density at radius 2 is 1.71 bits per heavy atom. The maximum atomic E-state index is 13.6. The normalized spacial score (nSPS) is 11.2. The Morgan fingerprint density at radius 3 is 2.34 bits per heavy atom. The van der Waals surface area contributed by atoms with Crippen molar-refractivity contribution in [3.63, 3.8) is 0 Å². The van der Waals surface area contributed by atoms with Gasteiger partial charge in [-0.15, -0.1) is 10.2 Å². The van der Waals surface area contributed by atoms with Crippen LogP contribution in [0.5, 0.6) is 0 Å². The molecule has 0 atom stereocenters. The summed E-state index contributed by atoms with van der Waals surface area (Å²) in [5.74, 6) is -1.85. The second-order valence-corrected chi connectivity index (χ2v) is 9.58. The predicted molar refractivity (Wildman–Crippen MR) is 141 cm³/mol. The molecule has 0 saturated heterocycles. The summed E-state index contributed by atoms with van der Waals surface area (Å²) in [4.78, 5) is 35.4. The van der Waals surface area contributed by atoms with E-state index in [1.54, 1.807) is 0 Å². The van der Waals surface area contributed by atoms with Crippen molar-refractivity contribution in [2.75, 3.05) is 11.1 Å². The molecule has 4 rings (SSSR count). The van der Waals surface area contributed by atoms with Crippen molar-refractivity contribution in [2.45, 2.75) is 17.9 Å². The van der Waals surface area contributed by atoms with Gasteiger partial charge in [0.2, 0.25) is 5.91 Å². The van der Waals surface area contributed by atoms with Gasteiger partial charge in [0.15, 0.2) is 11.0 Å². The summed E-state index contributed by atoms with van der Waals surface area (Å²) in [6.45, 7) is -0.160. The molecule has 2 amide bonds. The molecule has 0 bridgehead atoms. The van der Waals surface area contributed by atoms with Crippen LogP contribution < -0.4 is 10.6 Å². The van der Waals surface area contributed by atoms with E-state index in [2.05, 4.69) is 20.8 Å². The molecule has 0 saturated carbocycles. The summed E-state index contributed by atoms with van der Waals surface area (Å²) < 4.78 is 54.2. The van der Waals surface area contributed by atoms with E-state index in [-0.39, 0.29) is 45.2 Å². The molecule has 0 fully saturated rings. The number of halogens is 5. The average Bonchev–Trinajstić information content (AvgIpc) is 3.34. The number of hydrogen-bond acceptors (Lipinski definition) is 7. The van der Waals surface area contributed by atoms with Gasteiger partial charge in [0.1, 0.15) is 5.82 Å². The zero-order chi connectivity index (χ0) is 29.7. The monoisotopic (exact) mass is 608 g/mol. The number of rotatable bonds is 9. The van der Waals surface area contributed by atoms with Crippen LogP contribution in [-0.2, 0) is 17.5 Å². The van der Waals surface area contributed by atoms with Crippen LogP contribution >= 0.6 is 23.4 Å². The largest absolute Gasteiger partial charge is 0.416 e.